The molecule has 0 radical (unpaired) electrons. The summed E-state index contributed by atoms with van der Waals surface area (Å²) in [5.41, 5.74) is 8.13. The van der Waals surface area contributed by atoms with Crippen molar-refractivity contribution in [3.63, 3.8) is 0 Å². The minimum absolute atomic E-state index is 0.00129. The van der Waals surface area contributed by atoms with Crippen molar-refractivity contribution in [2.24, 2.45) is 5.73 Å². The fraction of sp³-hybridized carbons (Fsp3) is 0.258. The van der Waals surface area contributed by atoms with E-state index in [0.717, 1.165) is 0 Å². The van der Waals surface area contributed by atoms with Gasteiger partial charge in [-0.1, -0.05) is 12.1 Å². The first-order chi connectivity index (χ1) is 20.1. The zero-order valence-corrected chi connectivity index (χ0v) is 23.4. The van der Waals surface area contributed by atoms with Crippen LogP contribution in [0.2, 0.25) is 0 Å². The van der Waals surface area contributed by atoms with Crippen molar-refractivity contribution in [2.75, 3.05) is 23.9 Å². The van der Waals surface area contributed by atoms with E-state index in [0.29, 0.717) is 41.0 Å². The second kappa shape index (κ2) is 11.5. The normalized spacial score (nSPS) is 16.6. The number of aromatic nitrogens is 3. The highest BCUT2D eigenvalue weighted by atomic mass is 19.1. The summed E-state index contributed by atoms with van der Waals surface area (Å²) in [6.07, 6.45) is 5.08. The van der Waals surface area contributed by atoms with E-state index in [1.54, 1.807) is 50.5 Å². The number of ether oxygens (including phenoxy) is 1. The number of rotatable bonds is 7. The molecule has 1 saturated heterocycles. The molecular formula is C31H30FN7O3. The van der Waals surface area contributed by atoms with Crippen molar-refractivity contribution < 1.29 is 19.0 Å². The number of nitrogens with one attached hydrogen (secondary N) is 1. The summed E-state index contributed by atoms with van der Waals surface area (Å²) in [6, 6.07) is 14.4. The molecule has 11 heteroatoms. The Hall–Kier alpha value is -4.92. The number of nitriles is 1. The van der Waals surface area contributed by atoms with Crippen LogP contribution in [0.1, 0.15) is 36.3 Å². The first-order valence-electron chi connectivity index (χ1n) is 13.3. The molecule has 0 saturated carbocycles. The first kappa shape index (κ1) is 28.6. The maximum atomic E-state index is 14.7. The van der Waals surface area contributed by atoms with Crippen LogP contribution in [0, 0.1) is 17.1 Å². The zero-order chi connectivity index (χ0) is 30.0. The summed E-state index contributed by atoms with van der Waals surface area (Å²) in [5, 5.41) is 23.6. The third kappa shape index (κ3) is 5.63. The molecule has 0 unspecified atom stereocenters. The molecule has 1 aliphatic rings. The van der Waals surface area contributed by atoms with E-state index in [9.17, 15) is 19.6 Å². The molecule has 0 aliphatic carbocycles. The lowest BCUT2D eigenvalue weighted by Gasteiger charge is -2.36. The Balaban J connectivity index is 1.56. The number of carbonyl (C=O) groups is 1. The quantitative estimate of drug-likeness (QED) is 0.299. The fourth-order valence-corrected chi connectivity index (χ4v) is 5.25. The van der Waals surface area contributed by atoms with Crippen LogP contribution >= 0.6 is 0 Å². The third-order valence-corrected chi connectivity index (χ3v) is 7.26. The van der Waals surface area contributed by atoms with Gasteiger partial charge >= 0.3 is 0 Å². The number of halogens is 1. The number of carbonyl (C=O) groups excluding carboxylic acids is 1. The second-order valence-electron chi connectivity index (χ2n) is 10.6. The van der Waals surface area contributed by atoms with Crippen molar-refractivity contribution in [2.45, 2.75) is 38.0 Å². The maximum Gasteiger partial charge on any atom is 0.274 e. The average molecular weight is 568 g/mol. The highest BCUT2D eigenvalue weighted by Gasteiger charge is 2.40. The molecule has 2 aromatic heterocycles. The van der Waals surface area contributed by atoms with Gasteiger partial charge in [-0.2, -0.15) is 5.26 Å². The number of pyridine rings is 1. The highest BCUT2D eigenvalue weighted by molar-refractivity contribution is 6.05. The van der Waals surface area contributed by atoms with Crippen LogP contribution in [0.25, 0.3) is 22.5 Å². The molecule has 0 spiro atoms. The Morgan fingerprint density at radius 3 is 2.79 bits per heavy atom. The molecular weight excluding hydrogens is 537 g/mol. The molecule has 5 rings (SSSR count). The second-order valence-corrected chi connectivity index (χ2v) is 10.6. The summed E-state index contributed by atoms with van der Waals surface area (Å²) >= 11 is 0. The summed E-state index contributed by atoms with van der Waals surface area (Å²) in [7, 11) is 1.41. The predicted molar refractivity (Wildman–Crippen MR) is 156 cm³/mol. The molecule has 214 valence electrons. The van der Waals surface area contributed by atoms with E-state index in [-0.39, 0.29) is 34.9 Å². The largest absolute Gasteiger partial charge is 0.496 e. The number of hydrogen-bond donors (Lipinski definition) is 3. The highest BCUT2D eigenvalue weighted by Crippen LogP contribution is 2.39. The minimum Gasteiger partial charge on any atom is -0.496 e. The van der Waals surface area contributed by atoms with Gasteiger partial charge in [-0.05, 0) is 62.2 Å². The van der Waals surface area contributed by atoms with Crippen LogP contribution in [0.5, 0.6) is 5.75 Å². The van der Waals surface area contributed by atoms with Gasteiger partial charge in [0.25, 0.3) is 5.91 Å². The number of nitrogens with two attached hydrogens (primary N) is 1. The van der Waals surface area contributed by atoms with E-state index in [1.165, 1.54) is 31.5 Å². The van der Waals surface area contributed by atoms with Crippen molar-refractivity contribution in [1.82, 2.24) is 15.0 Å². The van der Waals surface area contributed by atoms with E-state index in [2.05, 4.69) is 26.3 Å². The van der Waals surface area contributed by atoms with Crippen LogP contribution in [-0.2, 0) is 0 Å². The number of anilines is 2. The Bertz CT molecular complexity index is 1680. The van der Waals surface area contributed by atoms with Gasteiger partial charge in [-0.3, -0.25) is 9.78 Å². The Morgan fingerprint density at radius 2 is 2.05 bits per heavy atom. The SMILES string of the molecule is COc1cccc(F)c1-c1nccc(C(=O)Nc2ccc(-c3cnccc3C#N)cc2N2C[C@@H](N)C[C@H]2C(C)(C)O)n1. The Kier molecular flexibility index (Phi) is 7.85. The molecule has 1 aliphatic heterocycles. The van der Waals surface area contributed by atoms with E-state index >= 15 is 0 Å². The van der Waals surface area contributed by atoms with E-state index < -0.39 is 17.3 Å². The van der Waals surface area contributed by atoms with Crippen molar-refractivity contribution >= 4 is 17.3 Å². The van der Waals surface area contributed by atoms with E-state index in [4.69, 9.17) is 10.5 Å². The first-order valence-corrected chi connectivity index (χ1v) is 13.3. The van der Waals surface area contributed by atoms with Gasteiger partial charge in [-0.25, -0.2) is 14.4 Å². The van der Waals surface area contributed by atoms with Crippen LogP contribution < -0.4 is 20.7 Å². The van der Waals surface area contributed by atoms with E-state index in [1.807, 2.05) is 11.0 Å². The van der Waals surface area contributed by atoms with Crippen LogP contribution in [0.4, 0.5) is 15.8 Å². The maximum absolute atomic E-state index is 14.7. The smallest absolute Gasteiger partial charge is 0.274 e. The van der Waals surface area contributed by atoms with Gasteiger partial charge in [0.15, 0.2) is 5.82 Å². The molecule has 3 heterocycles. The van der Waals surface area contributed by atoms with Crippen molar-refractivity contribution in [3.8, 4) is 34.3 Å². The molecule has 4 aromatic rings. The third-order valence-electron chi connectivity index (χ3n) is 7.26. The number of benzene rings is 2. The zero-order valence-electron chi connectivity index (χ0n) is 23.4. The molecule has 1 fully saturated rings. The van der Waals surface area contributed by atoms with Gasteiger partial charge in [0.2, 0.25) is 0 Å². The van der Waals surface area contributed by atoms with Crippen LogP contribution in [-0.4, -0.2) is 57.3 Å². The number of amides is 1. The monoisotopic (exact) mass is 567 g/mol. The minimum atomic E-state index is -1.10. The fourth-order valence-electron chi connectivity index (χ4n) is 5.25. The lowest BCUT2D eigenvalue weighted by Crippen LogP contribution is -2.46. The number of nitrogens with zero attached hydrogens (tertiary/aromatic N) is 5. The van der Waals surface area contributed by atoms with Crippen molar-refractivity contribution in [3.05, 3.63) is 84.2 Å². The topological polar surface area (TPSA) is 150 Å². The van der Waals surface area contributed by atoms with Gasteiger partial charge in [-0.15, -0.1) is 0 Å². The van der Waals surface area contributed by atoms with Crippen molar-refractivity contribution in [1.29, 1.82) is 5.26 Å². The summed E-state index contributed by atoms with van der Waals surface area (Å²) < 4.78 is 20.0. The standard InChI is InChI=1S/C31H30FN7O3/c1-31(2,41)27-14-20(34)17-39(27)25-13-18(21-16-35-11-9-19(21)15-33)7-8-23(25)38-30(40)24-10-12-36-29(37-24)28-22(32)5-4-6-26(28)42-3/h4-13,16,20,27,41H,14,17,34H2,1-3H3,(H,38,40)/t20-,27-/m0/s1. The number of aliphatic hydroxyl groups is 1. The van der Waals surface area contributed by atoms with Gasteiger partial charge < -0.3 is 25.8 Å². The average Bonchev–Trinajstić information content (AvgIpc) is 3.39. The molecule has 1 amide bonds. The Labute approximate surface area is 242 Å². The summed E-state index contributed by atoms with van der Waals surface area (Å²) in [5.74, 6) is -0.896. The Morgan fingerprint density at radius 1 is 1.24 bits per heavy atom. The molecule has 2 atom stereocenters. The predicted octanol–water partition coefficient (Wildman–Crippen LogP) is 4.15. The van der Waals surface area contributed by atoms with Crippen LogP contribution in [0.15, 0.2) is 67.1 Å². The molecule has 42 heavy (non-hydrogen) atoms. The summed E-state index contributed by atoms with van der Waals surface area (Å²) in [4.78, 5) is 28.2. The lowest BCUT2D eigenvalue weighted by atomic mass is 9.94. The number of methoxy groups -OCH3 is 1. The number of hydrogen-bond acceptors (Lipinski definition) is 9. The lowest BCUT2D eigenvalue weighted by molar-refractivity contribution is 0.0530. The molecule has 2 aromatic carbocycles. The summed E-state index contributed by atoms with van der Waals surface area (Å²) in [6.45, 7) is 3.88. The molecule has 4 N–H and O–H groups in total. The van der Waals surface area contributed by atoms with Gasteiger partial charge in [0.1, 0.15) is 17.3 Å². The molecule has 10 nitrogen and oxygen atoms in total. The van der Waals surface area contributed by atoms with Crippen LogP contribution in [0.3, 0.4) is 0 Å². The van der Waals surface area contributed by atoms with Gasteiger partial charge in [0.05, 0.1) is 47.3 Å². The molecule has 0 bridgehead atoms. The van der Waals surface area contributed by atoms with Gasteiger partial charge in [0, 0.05) is 36.7 Å².